The number of nitriles is 1. The molecule has 0 saturated heterocycles. The van der Waals surface area contributed by atoms with Crippen LogP contribution in [0.1, 0.15) is 11.1 Å². The first-order valence-corrected chi connectivity index (χ1v) is 7.29. The average molecular weight is 325 g/mol. The number of benzene rings is 2. The molecule has 0 N–H and O–H groups in total. The molecular formula is C16H11F4NS. The zero-order valence-electron chi connectivity index (χ0n) is 11.5. The molecule has 0 bridgehead atoms. The lowest BCUT2D eigenvalue weighted by Gasteiger charge is -2.12. The van der Waals surface area contributed by atoms with Gasteiger partial charge in [0.05, 0.1) is 17.4 Å². The number of thioether (sulfide) groups is 1. The fourth-order valence-electron chi connectivity index (χ4n) is 1.91. The number of hydrogen-bond acceptors (Lipinski definition) is 2. The summed E-state index contributed by atoms with van der Waals surface area (Å²) in [5.41, 5.74) is 1.64. The number of aryl methyl sites for hydroxylation is 1. The molecule has 114 valence electrons. The lowest BCUT2D eigenvalue weighted by molar-refractivity contribution is -0.105. The van der Waals surface area contributed by atoms with Crippen molar-refractivity contribution in [2.24, 2.45) is 0 Å². The van der Waals surface area contributed by atoms with Crippen molar-refractivity contribution in [2.45, 2.75) is 18.0 Å². The van der Waals surface area contributed by atoms with E-state index in [9.17, 15) is 17.6 Å². The summed E-state index contributed by atoms with van der Waals surface area (Å²) in [6, 6.07) is 10.8. The van der Waals surface area contributed by atoms with E-state index in [2.05, 4.69) is 0 Å². The summed E-state index contributed by atoms with van der Waals surface area (Å²) in [7, 11) is 0. The van der Waals surface area contributed by atoms with Gasteiger partial charge < -0.3 is 0 Å². The van der Waals surface area contributed by atoms with Crippen molar-refractivity contribution in [3.8, 4) is 17.2 Å². The van der Waals surface area contributed by atoms with E-state index in [0.29, 0.717) is 33.3 Å². The SMILES string of the molecule is Cc1cc(F)c(-c2ccc(C#N)cc2)cc1SCC(F)(F)F. The first-order chi connectivity index (χ1) is 10.3. The van der Waals surface area contributed by atoms with Gasteiger partial charge in [-0.2, -0.15) is 18.4 Å². The number of halogens is 4. The lowest BCUT2D eigenvalue weighted by Crippen LogP contribution is -2.10. The summed E-state index contributed by atoms with van der Waals surface area (Å²) in [6.07, 6.45) is -4.28. The minimum Gasteiger partial charge on any atom is -0.206 e. The second-order valence-electron chi connectivity index (χ2n) is 4.69. The predicted molar refractivity (Wildman–Crippen MR) is 78.1 cm³/mol. The maximum Gasteiger partial charge on any atom is 0.398 e. The Kier molecular flexibility index (Phi) is 4.77. The smallest absolute Gasteiger partial charge is 0.206 e. The molecule has 0 aromatic heterocycles. The van der Waals surface area contributed by atoms with Gasteiger partial charge >= 0.3 is 6.18 Å². The molecule has 2 aromatic rings. The van der Waals surface area contributed by atoms with E-state index in [1.54, 1.807) is 19.1 Å². The van der Waals surface area contributed by atoms with Gasteiger partial charge in [-0.1, -0.05) is 12.1 Å². The van der Waals surface area contributed by atoms with Crippen LogP contribution >= 0.6 is 11.8 Å². The predicted octanol–water partition coefficient (Wildman–Crippen LogP) is 5.33. The fourth-order valence-corrected chi connectivity index (χ4v) is 2.72. The Morgan fingerprint density at radius 3 is 2.32 bits per heavy atom. The topological polar surface area (TPSA) is 23.8 Å². The van der Waals surface area contributed by atoms with Crippen LogP contribution in [0.5, 0.6) is 0 Å². The maximum atomic E-state index is 14.1. The number of nitrogens with zero attached hydrogens (tertiary/aromatic N) is 1. The second kappa shape index (κ2) is 6.41. The Balaban J connectivity index is 2.37. The molecule has 0 amide bonds. The van der Waals surface area contributed by atoms with Gasteiger partial charge in [-0.3, -0.25) is 0 Å². The number of alkyl halides is 3. The second-order valence-corrected chi connectivity index (χ2v) is 5.71. The van der Waals surface area contributed by atoms with Crippen molar-refractivity contribution >= 4 is 11.8 Å². The Morgan fingerprint density at radius 1 is 1.14 bits per heavy atom. The quantitative estimate of drug-likeness (QED) is 0.563. The minimum atomic E-state index is -4.28. The lowest BCUT2D eigenvalue weighted by atomic mass is 10.0. The third-order valence-corrected chi connectivity index (χ3v) is 4.20. The van der Waals surface area contributed by atoms with Crippen LogP contribution in [-0.2, 0) is 0 Å². The van der Waals surface area contributed by atoms with Crippen molar-refractivity contribution in [3.63, 3.8) is 0 Å². The van der Waals surface area contributed by atoms with E-state index < -0.39 is 17.7 Å². The largest absolute Gasteiger partial charge is 0.398 e. The number of rotatable bonds is 3. The van der Waals surface area contributed by atoms with E-state index in [1.807, 2.05) is 6.07 Å². The molecule has 0 unspecified atom stereocenters. The summed E-state index contributed by atoms with van der Waals surface area (Å²) >= 11 is 0.635. The van der Waals surface area contributed by atoms with Crippen LogP contribution in [0.15, 0.2) is 41.3 Å². The van der Waals surface area contributed by atoms with Crippen LogP contribution in [0, 0.1) is 24.1 Å². The van der Waals surface area contributed by atoms with Crippen LogP contribution in [0.25, 0.3) is 11.1 Å². The van der Waals surface area contributed by atoms with Crippen molar-refractivity contribution in [1.29, 1.82) is 5.26 Å². The molecule has 0 heterocycles. The van der Waals surface area contributed by atoms with Gasteiger partial charge in [0.25, 0.3) is 0 Å². The highest BCUT2D eigenvalue weighted by atomic mass is 32.2. The van der Waals surface area contributed by atoms with Crippen molar-refractivity contribution in [3.05, 3.63) is 53.3 Å². The van der Waals surface area contributed by atoms with Crippen molar-refractivity contribution in [1.82, 2.24) is 0 Å². The highest BCUT2D eigenvalue weighted by Crippen LogP contribution is 2.34. The fraction of sp³-hybridized carbons (Fsp3) is 0.188. The van der Waals surface area contributed by atoms with Gasteiger partial charge in [-0.15, -0.1) is 11.8 Å². The van der Waals surface area contributed by atoms with Gasteiger partial charge in [-0.05, 0) is 42.3 Å². The zero-order chi connectivity index (χ0) is 16.3. The molecule has 0 radical (unpaired) electrons. The molecule has 22 heavy (non-hydrogen) atoms. The first-order valence-electron chi connectivity index (χ1n) is 6.30. The monoisotopic (exact) mass is 325 g/mol. The third kappa shape index (κ3) is 4.01. The molecule has 6 heteroatoms. The van der Waals surface area contributed by atoms with Gasteiger partial charge in [0.15, 0.2) is 0 Å². The highest BCUT2D eigenvalue weighted by molar-refractivity contribution is 7.99. The Morgan fingerprint density at radius 2 is 1.77 bits per heavy atom. The van der Waals surface area contributed by atoms with Crippen molar-refractivity contribution < 1.29 is 17.6 Å². The Bertz CT molecular complexity index is 715. The molecule has 0 saturated carbocycles. The Labute approximate surface area is 129 Å². The summed E-state index contributed by atoms with van der Waals surface area (Å²) in [5, 5.41) is 8.75. The van der Waals surface area contributed by atoms with Crippen LogP contribution < -0.4 is 0 Å². The normalized spacial score (nSPS) is 11.3. The molecule has 0 aliphatic carbocycles. The standard InChI is InChI=1S/C16H11F4NS/c1-10-6-14(17)13(7-15(10)22-9-16(18,19)20)12-4-2-11(8-21)3-5-12/h2-7H,9H2,1H3. The summed E-state index contributed by atoms with van der Waals surface area (Å²) in [6.45, 7) is 1.57. The molecule has 0 atom stereocenters. The van der Waals surface area contributed by atoms with Gasteiger partial charge in [0, 0.05) is 10.5 Å². The van der Waals surface area contributed by atoms with Crippen molar-refractivity contribution in [2.75, 3.05) is 5.75 Å². The molecule has 2 rings (SSSR count). The third-order valence-electron chi connectivity index (χ3n) is 2.98. The van der Waals surface area contributed by atoms with E-state index in [0.717, 1.165) is 0 Å². The number of hydrogen-bond donors (Lipinski definition) is 0. The van der Waals surface area contributed by atoms with E-state index >= 15 is 0 Å². The zero-order valence-corrected chi connectivity index (χ0v) is 12.4. The molecule has 0 fully saturated rings. The molecule has 0 aliphatic heterocycles. The van der Waals surface area contributed by atoms with Crippen LogP contribution in [0.3, 0.4) is 0 Å². The first kappa shape index (κ1) is 16.4. The maximum absolute atomic E-state index is 14.1. The molecule has 2 aromatic carbocycles. The van der Waals surface area contributed by atoms with Crippen LogP contribution in [-0.4, -0.2) is 11.9 Å². The van der Waals surface area contributed by atoms with Crippen LogP contribution in [0.2, 0.25) is 0 Å². The van der Waals surface area contributed by atoms with Gasteiger partial charge in [0.1, 0.15) is 5.82 Å². The van der Waals surface area contributed by atoms with Crippen LogP contribution in [0.4, 0.5) is 17.6 Å². The summed E-state index contributed by atoms with van der Waals surface area (Å²) < 4.78 is 51.1. The Hall–Kier alpha value is -2.00. The van der Waals surface area contributed by atoms with E-state index in [-0.39, 0.29) is 5.56 Å². The highest BCUT2D eigenvalue weighted by Gasteiger charge is 2.27. The van der Waals surface area contributed by atoms with Gasteiger partial charge in [-0.25, -0.2) is 4.39 Å². The molecule has 1 nitrogen and oxygen atoms in total. The minimum absolute atomic E-state index is 0.222. The van der Waals surface area contributed by atoms with E-state index in [1.165, 1.54) is 24.3 Å². The van der Waals surface area contributed by atoms with Gasteiger partial charge in [0.2, 0.25) is 0 Å². The average Bonchev–Trinajstić information content (AvgIpc) is 2.45. The van der Waals surface area contributed by atoms with E-state index in [4.69, 9.17) is 5.26 Å². The summed E-state index contributed by atoms with van der Waals surface area (Å²) in [5.74, 6) is -1.52. The molecule has 0 spiro atoms. The summed E-state index contributed by atoms with van der Waals surface area (Å²) in [4.78, 5) is 0.387. The molecular weight excluding hydrogens is 314 g/mol. The molecule has 0 aliphatic rings.